The summed E-state index contributed by atoms with van der Waals surface area (Å²) in [7, 11) is 0. The van der Waals surface area contributed by atoms with Crippen molar-refractivity contribution in [1.82, 2.24) is 10.5 Å². The number of benzene rings is 1. The molecule has 1 aromatic heterocycles. The Hall–Kier alpha value is -2.63. The lowest BCUT2D eigenvalue weighted by Gasteiger charge is -2.11. The van der Waals surface area contributed by atoms with E-state index in [4.69, 9.17) is 4.52 Å². The lowest BCUT2D eigenvalue weighted by atomic mass is 10.1. The summed E-state index contributed by atoms with van der Waals surface area (Å²) < 4.78 is 5.10. The van der Waals surface area contributed by atoms with Crippen LogP contribution in [0.4, 0.5) is 5.69 Å². The van der Waals surface area contributed by atoms with E-state index in [1.165, 1.54) is 0 Å². The van der Waals surface area contributed by atoms with Crippen LogP contribution < -0.4 is 10.6 Å². The number of carbonyl (C=O) groups is 2. The highest BCUT2D eigenvalue weighted by atomic mass is 16.5. The molecule has 0 saturated heterocycles. The molecule has 1 heterocycles. The van der Waals surface area contributed by atoms with Crippen molar-refractivity contribution in [1.29, 1.82) is 0 Å². The van der Waals surface area contributed by atoms with Gasteiger partial charge in [0.15, 0.2) is 0 Å². The SMILES string of the molecule is CCC(C)NC(=O)c1ccc(NC(=O)CCc2c(C)noc2C)cc1. The average Bonchev–Trinajstić information content (AvgIpc) is 2.91. The van der Waals surface area contributed by atoms with Crippen LogP contribution in [0.2, 0.25) is 0 Å². The lowest BCUT2D eigenvalue weighted by Crippen LogP contribution is -2.31. The molecule has 0 aliphatic heterocycles. The first-order chi connectivity index (χ1) is 11.9. The van der Waals surface area contributed by atoms with Crippen molar-refractivity contribution >= 4 is 17.5 Å². The van der Waals surface area contributed by atoms with Gasteiger partial charge >= 0.3 is 0 Å². The van der Waals surface area contributed by atoms with Crippen molar-refractivity contribution in [3.05, 3.63) is 46.8 Å². The molecule has 134 valence electrons. The first-order valence-corrected chi connectivity index (χ1v) is 8.53. The lowest BCUT2D eigenvalue weighted by molar-refractivity contribution is -0.116. The first-order valence-electron chi connectivity index (χ1n) is 8.53. The Kier molecular flexibility index (Phi) is 6.33. The minimum Gasteiger partial charge on any atom is -0.361 e. The number of aromatic nitrogens is 1. The predicted molar refractivity (Wildman–Crippen MR) is 96.6 cm³/mol. The van der Waals surface area contributed by atoms with E-state index in [1.54, 1.807) is 24.3 Å². The van der Waals surface area contributed by atoms with Crippen LogP contribution in [0.3, 0.4) is 0 Å². The van der Waals surface area contributed by atoms with Crippen LogP contribution in [-0.2, 0) is 11.2 Å². The summed E-state index contributed by atoms with van der Waals surface area (Å²) in [6, 6.07) is 7.03. The fourth-order valence-electron chi connectivity index (χ4n) is 2.43. The molecular weight excluding hydrogens is 318 g/mol. The number of amides is 2. The quantitative estimate of drug-likeness (QED) is 0.807. The number of anilines is 1. The Balaban J connectivity index is 1.88. The summed E-state index contributed by atoms with van der Waals surface area (Å²) in [5.74, 6) is 0.560. The monoisotopic (exact) mass is 343 g/mol. The number of carbonyl (C=O) groups excluding carboxylic acids is 2. The molecule has 0 saturated carbocycles. The molecule has 0 aliphatic carbocycles. The number of hydrogen-bond acceptors (Lipinski definition) is 4. The van der Waals surface area contributed by atoms with Gasteiger partial charge in [0.05, 0.1) is 5.69 Å². The molecule has 1 unspecified atom stereocenters. The Bertz CT molecular complexity index is 715. The largest absolute Gasteiger partial charge is 0.361 e. The van der Waals surface area contributed by atoms with Crippen LogP contribution in [0.15, 0.2) is 28.8 Å². The van der Waals surface area contributed by atoms with Crippen molar-refractivity contribution in [2.24, 2.45) is 0 Å². The van der Waals surface area contributed by atoms with Crippen LogP contribution in [0.1, 0.15) is 54.1 Å². The zero-order valence-electron chi connectivity index (χ0n) is 15.2. The average molecular weight is 343 g/mol. The van der Waals surface area contributed by atoms with Gasteiger partial charge < -0.3 is 15.2 Å². The second kappa shape index (κ2) is 8.46. The maximum absolute atomic E-state index is 12.1. The minimum absolute atomic E-state index is 0.0863. The van der Waals surface area contributed by atoms with Gasteiger partial charge in [-0.3, -0.25) is 9.59 Å². The first kappa shape index (κ1) is 18.7. The van der Waals surface area contributed by atoms with Crippen LogP contribution in [0, 0.1) is 13.8 Å². The molecule has 0 radical (unpaired) electrons. The van der Waals surface area contributed by atoms with Gasteiger partial charge in [-0.25, -0.2) is 0 Å². The predicted octanol–water partition coefficient (Wildman–Crippen LogP) is 3.39. The van der Waals surface area contributed by atoms with E-state index in [0.29, 0.717) is 24.1 Å². The number of nitrogens with zero attached hydrogens (tertiary/aromatic N) is 1. The maximum Gasteiger partial charge on any atom is 0.251 e. The third-order valence-electron chi connectivity index (χ3n) is 4.20. The van der Waals surface area contributed by atoms with Gasteiger partial charge in [0, 0.05) is 29.3 Å². The van der Waals surface area contributed by atoms with Gasteiger partial charge in [-0.15, -0.1) is 0 Å². The number of rotatable bonds is 7. The fraction of sp³-hybridized carbons (Fsp3) is 0.421. The zero-order valence-corrected chi connectivity index (χ0v) is 15.2. The molecule has 0 bridgehead atoms. The smallest absolute Gasteiger partial charge is 0.251 e. The van der Waals surface area contributed by atoms with Gasteiger partial charge in [-0.2, -0.15) is 0 Å². The number of aryl methyl sites for hydroxylation is 2. The van der Waals surface area contributed by atoms with E-state index in [-0.39, 0.29) is 17.9 Å². The maximum atomic E-state index is 12.1. The zero-order chi connectivity index (χ0) is 18.4. The molecule has 6 nitrogen and oxygen atoms in total. The molecule has 25 heavy (non-hydrogen) atoms. The number of nitrogens with one attached hydrogen (secondary N) is 2. The van der Waals surface area contributed by atoms with E-state index in [0.717, 1.165) is 23.4 Å². The van der Waals surface area contributed by atoms with Gasteiger partial charge in [0.25, 0.3) is 5.91 Å². The molecule has 2 aromatic rings. The van der Waals surface area contributed by atoms with Gasteiger partial charge in [-0.05, 0) is 57.9 Å². The molecule has 0 aliphatic rings. The van der Waals surface area contributed by atoms with E-state index in [9.17, 15) is 9.59 Å². The second-order valence-electron chi connectivity index (χ2n) is 6.21. The van der Waals surface area contributed by atoms with Crippen molar-refractivity contribution in [2.45, 2.75) is 53.0 Å². The third-order valence-corrected chi connectivity index (χ3v) is 4.20. The number of hydrogen-bond donors (Lipinski definition) is 2. The summed E-state index contributed by atoms with van der Waals surface area (Å²) in [4.78, 5) is 24.1. The van der Waals surface area contributed by atoms with E-state index in [2.05, 4.69) is 15.8 Å². The highest BCUT2D eigenvalue weighted by Gasteiger charge is 2.12. The molecule has 2 N–H and O–H groups in total. The van der Waals surface area contributed by atoms with E-state index in [1.807, 2.05) is 27.7 Å². The second-order valence-corrected chi connectivity index (χ2v) is 6.21. The minimum atomic E-state index is -0.106. The summed E-state index contributed by atoms with van der Waals surface area (Å²) in [5.41, 5.74) is 3.05. The van der Waals surface area contributed by atoms with Crippen LogP contribution in [0.25, 0.3) is 0 Å². The standard InChI is InChI=1S/C19H25N3O3/c1-5-12(2)20-19(24)15-6-8-16(9-7-15)21-18(23)11-10-17-13(3)22-25-14(17)4/h6-9,12H,5,10-11H2,1-4H3,(H,20,24)(H,21,23). The van der Waals surface area contributed by atoms with Crippen molar-refractivity contribution in [3.8, 4) is 0 Å². The molecule has 1 aromatic carbocycles. The van der Waals surface area contributed by atoms with E-state index >= 15 is 0 Å². The third kappa shape index (κ3) is 5.17. The van der Waals surface area contributed by atoms with Crippen LogP contribution in [0.5, 0.6) is 0 Å². The van der Waals surface area contributed by atoms with Crippen molar-refractivity contribution in [3.63, 3.8) is 0 Å². The highest BCUT2D eigenvalue weighted by molar-refractivity contribution is 5.96. The van der Waals surface area contributed by atoms with Gasteiger partial charge in [-0.1, -0.05) is 12.1 Å². The summed E-state index contributed by atoms with van der Waals surface area (Å²) >= 11 is 0. The van der Waals surface area contributed by atoms with Crippen molar-refractivity contribution in [2.75, 3.05) is 5.32 Å². The molecule has 0 fully saturated rings. The Labute approximate surface area is 148 Å². The van der Waals surface area contributed by atoms with Crippen LogP contribution >= 0.6 is 0 Å². The van der Waals surface area contributed by atoms with Gasteiger partial charge in [0.2, 0.25) is 5.91 Å². The Morgan fingerprint density at radius 3 is 2.44 bits per heavy atom. The van der Waals surface area contributed by atoms with Gasteiger partial charge in [0.1, 0.15) is 5.76 Å². The topological polar surface area (TPSA) is 84.2 Å². The molecule has 2 rings (SSSR count). The summed E-state index contributed by atoms with van der Waals surface area (Å²) in [5, 5.41) is 9.64. The molecule has 6 heteroatoms. The normalized spacial score (nSPS) is 11.8. The molecular formula is C19H25N3O3. The molecule has 1 atom stereocenters. The fourth-order valence-corrected chi connectivity index (χ4v) is 2.43. The highest BCUT2D eigenvalue weighted by Crippen LogP contribution is 2.15. The molecule has 0 spiro atoms. The van der Waals surface area contributed by atoms with Crippen molar-refractivity contribution < 1.29 is 14.1 Å². The van der Waals surface area contributed by atoms with E-state index < -0.39 is 0 Å². The summed E-state index contributed by atoms with van der Waals surface area (Å²) in [6.45, 7) is 7.70. The summed E-state index contributed by atoms with van der Waals surface area (Å²) in [6.07, 6.45) is 1.81. The van der Waals surface area contributed by atoms with Crippen LogP contribution in [-0.4, -0.2) is 23.0 Å². The Morgan fingerprint density at radius 1 is 1.20 bits per heavy atom. The Morgan fingerprint density at radius 2 is 1.88 bits per heavy atom. The molecule has 2 amide bonds.